The average molecular weight is 285 g/mol. The van der Waals surface area contributed by atoms with Crippen molar-refractivity contribution in [1.82, 2.24) is 10.1 Å². The number of nitrogens with zero attached hydrogens (tertiary/aromatic N) is 2. The Morgan fingerprint density at radius 2 is 2.33 bits per heavy atom. The highest BCUT2D eigenvalue weighted by Crippen LogP contribution is 2.43. The Balaban J connectivity index is 2.10. The van der Waals surface area contributed by atoms with Crippen molar-refractivity contribution in [2.45, 2.75) is 36.3 Å². The molecule has 6 heteroatoms. The van der Waals surface area contributed by atoms with E-state index in [1.807, 2.05) is 23.5 Å². The lowest BCUT2D eigenvalue weighted by molar-refractivity contribution is 0.351. The molecule has 0 spiro atoms. The molecule has 1 fully saturated rings. The van der Waals surface area contributed by atoms with Gasteiger partial charge in [0.05, 0.1) is 11.3 Å². The predicted molar refractivity (Wildman–Crippen MR) is 77.8 cm³/mol. The zero-order valence-electron chi connectivity index (χ0n) is 10.5. The summed E-state index contributed by atoms with van der Waals surface area (Å²) in [6.45, 7) is 5.88. The van der Waals surface area contributed by atoms with Gasteiger partial charge in [0.25, 0.3) is 0 Å². The fourth-order valence-corrected chi connectivity index (χ4v) is 4.92. The molecular weight excluding hydrogens is 266 g/mol. The summed E-state index contributed by atoms with van der Waals surface area (Å²) < 4.78 is 5.27. The molecule has 1 aromatic heterocycles. The van der Waals surface area contributed by atoms with Gasteiger partial charge in [0.15, 0.2) is 5.82 Å². The van der Waals surface area contributed by atoms with Crippen LogP contribution in [0.1, 0.15) is 42.8 Å². The van der Waals surface area contributed by atoms with Crippen LogP contribution in [0, 0.1) is 0 Å². The monoisotopic (exact) mass is 285 g/mol. The standard InChI is InChI=1S/C12H19N3OS2/c1-3-5-8(13)12-14-11(15-16-12)10-9(4-2)17-6-7-18-10/h3,8-10H,1,4-7,13H2,2H3. The minimum atomic E-state index is -0.231. The lowest BCUT2D eigenvalue weighted by Crippen LogP contribution is -2.19. The molecule has 2 N–H and O–H groups in total. The Morgan fingerprint density at radius 3 is 3.06 bits per heavy atom. The molecule has 2 rings (SSSR count). The van der Waals surface area contributed by atoms with Gasteiger partial charge in [-0.25, -0.2) is 0 Å². The summed E-state index contributed by atoms with van der Waals surface area (Å²) in [5.74, 6) is 3.68. The number of hydrogen-bond donors (Lipinski definition) is 1. The molecule has 4 nitrogen and oxygen atoms in total. The highest BCUT2D eigenvalue weighted by Gasteiger charge is 2.30. The second kappa shape index (κ2) is 6.63. The molecular formula is C12H19N3OS2. The summed E-state index contributed by atoms with van der Waals surface area (Å²) in [5, 5.41) is 5.02. The second-order valence-electron chi connectivity index (χ2n) is 4.23. The van der Waals surface area contributed by atoms with Crippen LogP contribution < -0.4 is 5.73 Å². The third-order valence-corrected chi connectivity index (χ3v) is 6.14. The minimum Gasteiger partial charge on any atom is -0.338 e. The lowest BCUT2D eigenvalue weighted by Gasteiger charge is -2.27. The first-order valence-corrected chi connectivity index (χ1v) is 8.29. The van der Waals surface area contributed by atoms with Crippen LogP contribution in [-0.4, -0.2) is 26.9 Å². The summed E-state index contributed by atoms with van der Waals surface area (Å²) >= 11 is 3.92. The quantitative estimate of drug-likeness (QED) is 0.839. The molecule has 0 aliphatic carbocycles. The van der Waals surface area contributed by atoms with Crippen LogP contribution in [0.25, 0.3) is 0 Å². The summed E-state index contributed by atoms with van der Waals surface area (Å²) in [6.07, 6.45) is 3.56. The Bertz CT molecular complexity index is 396. The molecule has 0 bridgehead atoms. The Hall–Kier alpha value is -0.460. The molecule has 2 heterocycles. The fourth-order valence-electron chi connectivity index (χ4n) is 1.94. The first kappa shape index (κ1) is 14.0. The smallest absolute Gasteiger partial charge is 0.243 e. The van der Waals surface area contributed by atoms with E-state index in [0.29, 0.717) is 22.8 Å². The molecule has 0 saturated carbocycles. The molecule has 0 radical (unpaired) electrons. The number of thioether (sulfide) groups is 2. The SMILES string of the molecule is C=CCC(N)c1nc(C2SCCSC2CC)no1. The molecule has 1 aliphatic rings. The summed E-state index contributed by atoms with van der Waals surface area (Å²) in [7, 11) is 0. The number of nitrogens with two attached hydrogens (primary N) is 1. The van der Waals surface area contributed by atoms with Crippen molar-refractivity contribution >= 4 is 23.5 Å². The van der Waals surface area contributed by atoms with Gasteiger partial charge in [-0.15, -0.1) is 18.3 Å². The minimum absolute atomic E-state index is 0.231. The molecule has 0 amide bonds. The molecule has 0 aromatic carbocycles. The predicted octanol–water partition coefficient (Wildman–Crippen LogP) is 2.95. The van der Waals surface area contributed by atoms with Gasteiger partial charge >= 0.3 is 0 Å². The summed E-state index contributed by atoms with van der Waals surface area (Å²) in [4.78, 5) is 4.47. The van der Waals surface area contributed by atoms with E-state index in [9.17, 15) is 0 Å². The van der Waals surface area contributed by atoms with E-state index in [4.69, 9.17) is 10.3 Å². The maximum absolute atomic E-state index is 5.94. The topological polar surface area (TPSA) is 64.9 Å². The van der Waals surface area contributed by atoms with Crippen LogP contribution in [0.5, 0.6) is 0 Å². The van der Waals surface area contributed by atoms with Gasteiger partial charge in [0.2, 0.25) is 5.89 Å². The van der Waals surface area contributed by atoms with Gasteiger partial charge in [0, 0.05) is 16.8 Å². The molecule has 100 valence electrons. The van der Waals surface area contributed by atoms with E-state index in [1.165, 1.54) is 5.75 Å². The second-order valence-corrected chi connectivity index (χ2v) is 6.83. The van der Waals surface area contributed by atoms with Gasteiger partial charge in [-0.1, -0.05) is 18.2 Å². The van der Waals surface area contributed by atoms with Crippen LogP contribution in [0.4, 0.5) is 0 Å². The summed E-state index contributed by atoms with van der Waals surface area (Å²) in [6, 6.07) is -0.231. The van der Waals surface area contributed by atoms with Crippen LogP contribution >= 0.6 is 23.5 Å². The zero-order chi connectivity index (χ0) is 13.0. The van der Waals surface area contributed by atoms with Crippen molar-refractivity contribution in [3.8, 4) is 0 Å². The van der Waals surface area contributed by atoms with Gasteiger partial charge < -0.3 is 10.3 Å². The number of hydrogen-bond acceptors (Lipinski definition) is 6. The highest BCUT2D eigenvalue weighted by molar-refractivity contribution is 8.06. The Labute approximate surface area is 116 Å². The van der Waals surface area contributed by atoms with Gasteiger partial charge in [-0.05, 0) is 12.8 Å². The number of aromatic nitrogens is 2. The van der Waals surface area contributed by atoms with E-state index in [2.05, 4.69) is 23.6 Å². The molecule has 1 aromatic rings. The van der Waals surface area contributed by atoms with Crippen molar-refractivity contribution in [2.75, 3.05) is 11.5 Å². The molecule has 1 saturated heterocycles. The zero-order valence-corrected chi connectivity index (χ0v) is 12.2. The van der Waals surface area contributed by atoms with Gasteiger partial charge in [-0.2, -0.15) is 16.7 Å². The summed E-state index contributed by atoms with van der Waals surface area (Å²) in [5.41, 5.74) is 5.94. The first-order chi connectivity index (χ1) is 8.76. The maximum atomic E-state index is 5.94. The van der Waals surface area contributed by atoms with Crippen LogP contribution in [0.15, 0.2) is 17.2 Å². The maximum Gasteiger partial charge on any atom is 0.243 e. The Morgan fingerprint density at radius 1 is 1.56 bits per heavy atom. The largest absolute Gasteiger partial charge is 0.338 e. The van der Waals surface area contributed by atoms with Gasteiger partial charge in [0.1, 0.15) is 0 Å². The third-order valence-electron chi connectivity index (χ3n) is 2.90. The molecule has 3 unspecified atom stereocenters. The van der Waals surface area contributed by atoms with Crippen molar-refractivity contribution in [3.05, 3.63) is 24.4 Å². The van der Waals surface area contributed by atoms with Crippen LogP contribution in [-0.2, 0) is 0 Å². The van der Waals surface area contributed by atoms with Crippen molar-refractivity contribution in [3.63, 3.8) is 0 Å². The molecule has 1 aliphatic heterocycles. The van der Waals surface area contributed by atoms with E-state index < -0.39 is 0 Å². The van der Waals surface area contributed by atoms with E-state index in [1.54, 1.807) is 6.08 Å². The first-order valence-electron chi connectivity index (χ1n) is 6.19. The molecule has 18 heavy (non-hydrogen) atoms. The Kier molecular flexibility index (Phi) is 5.14. The van der Waals surface area contributed by atoms with Crippen molar-refractivity contribution in [2.24, 2.45) is 5.73 Å². The van der Waals surface area contributed by atoms with E-state index in [-0.39, 0.29) is 6.04 Å². The van der Waals surface area contributed by atoms with Crippen molar-refractivity contribution < 1.29 is 4.52 Å². The fraction of sp³-hybridized carbons (Fsp3) is 0.667. The van der Waals surface area contributed by atoms with Crippen LogP contribution in [0.2, 0.25) is 0 Å². The average Bonchev–Trinajstić information content (AvgIpc) is 2.88. The molecule has 3 atom stereocenters. The van der Waals surface area contributed by atoms with Crippen LogP contribution in [0.3, 0.4) is 0 Å². The lowest BCUT2D eigenvalue weighted by atomic mass is 10.2. The third kappa shape index (κ3) is 3.10. The van der Waals surface area contributed by atoms with E-state index >= 15 is 0 Å². The normalized spacial score (nSPS) is 25.9. The highest BCUT2D eigenvalue weighted by atomic mass is 32.2. The van der Waals surface area contributed by atoms with Crippen molar-refractivity contribution in [1.29, 1.82) is 0 Å². The van der Waals surface area contributed by atoms with E-state index in [0.717, 1.165) is 18.0 Å². The van der Waals surface area contributed by atoms with Gasteiger partial charge in [-0.3, -0.25) is 0 Å². The number of rotatable bonds is 5.